The van der Waals surface area contributed by atoms with Crippen LogP contribution in [-0.2, 0) is 0 Å². The number of hydrogen-bond donors (Lipinski definition) is 1. The molecule has 1 aliphatic carbocycles. The molecule has 0 saturated heterocycles. The highest BCUT2D eigenvalue weighted by molar-refractivity contribution is 5.33. The average Bonchev–Trinajstić information content (AvgIpc) is 2.26. The number of halogens is 3. The minimum absolute atomic E-state index is 0.0799. The zero-order valence-electron chi connectivity index (χ0n) is 6.93. The summed E-state index contributed by atoms with van der Waals surface area (Å²) in [5, 5.41) is 0. The molecule has 1 aliphatic rings. The van der Waals surface area contributed by atoms with Gasteiger partial charge >= 0.3 is 6.18 Å². The van der Waals surface area contributed by atoms with E-state index >= 15 is 0 Å². The molecule has 0 unspecified atom stereocenters. The van der Waals surface area contributed by atoms with Crippen LogP contribution in [0, 0.1) is 0 Å². The van der Waals surface area contributed by atoms with Crippen molar-refractivity contribution in [3.8, 4) is 0 Å². The van der Waals surface area contributed by atoms with E-state index in [9.17, 15) is 13.2 Å². The lowest BCUT2D eigenvalue weighted by Crippen LogP contribution is -2.10. The van der Waals surface area contributed by atoms with E-state index in [1.165, 1.54) is 12.2 Å². The number of nitrogens with two attached hydrogens (primary N) is 1. The SMILES string of the molecule is NCC1=CC=C(C(F)(F)F)CC=C1. The molecule has 0 amide bonds. The summed E-state index contributed by atoms with van der Waals surface area (Å²) < 4.78 is 36.6. The van der Waals surface area contributed by atoms with Crippen molar-refractivity contribution in [2.24, 2.45) is 5.73 Å². The van der Waals surface area contributed by atoms with Crippen LogP contribution in [0.4, 0.5) is 13.2 Å². The van der Waals surface area contributed by atoms with Crippen LogP contribution in [-0.4, -0.2) is 12.7 Å². The first-order valence-electron chi connectivity index (χ1n) is 3.87. The predicted octanol–water partition coefficient (Wildman–Crippen LogP) is 2.32. The molecule has 13 heavy (non-hydrogen) atoms. The third-order valence-electron chi connectivity index (χ3n) is 1.77. The molecule has 1 nitrogen and oxygen atoms in total. The Labute approximate surface area is 74.4 Å². The molecular formula is C9H10F3N. The van der Waals surface area contributed by atoms with E-state index in [1.54, 1.807) is 6.08 Å². The molecule has 0 saturated carbocycles. The van der Waals surface area contributed by atoms with Crippen molar-refractivity contribution in [1.82, 2.24) is 0 Å². The topological polar surface area (TPSA) is 26.0 Å². The second-order valence-corrected chi connectivity index (χ2v) is 2.74. The fraction of sp³-hybridized carbons (Fsp3) is 0.333. The van der Waals surface area contributed by atoms with Crippen LogP contribution in [0.25, 0.3) is 0 Å². The molecule has 0 aromatic rings. The molecule has 0 heterocycles. The fourth-order valence-electron chi connectivity index (χ4n) is 1.01. The molecule has 0 atom stereocenters. The van der Waals surface area contributed by atoms with Crippen LogP contribution >= 0.6 is 0 Å². The number of rotatable bonds is 1. The van der Waals surface area contributed by atoms with Gasteiger partial charge in [0.1, 0.15) is 0 Å². The first kappa shape index (κ1) is 10.1. The summed E-state index contributed by atoms with van der Waals surface area (Å²) >= 11 is 0. The zero-order chi connectivity index (χ0) is 9.90. The number of alkyl halides is 3. The number of allylic oxidation sites excluding steroid dienone is 4. The minimum atomic E-state index is -4.23. The van der Waals surface area contributed by atoms with E-state index in [0.29, 0.717) is 5.57 Å². The van der Waals surface area contributed by atoms with Crippen molar-refractivity contribution in [2.75, 3.05) is 6.54 Å². The molecule has 0 aromatic heterocycles. The van der Waals surface area contributed by atoms with Crippen molar-refractivity contribution in [3.05, 3.63) is 35.5 Å². The summed E-state index contributed by atoms with van der Waals surface area (Å²) in [6.45, 7) is 0.262. The lowest BCUT2D eigenvalue weighted by Gasteiger charge is -2.07. The quantitative estimate of drug-likeness (QED) is 0.673. The third-order valence-corrected chi connectivity index (χ3v) is 1.77. The minimum Gasteiger partial charge on any atom is -0.326 e. The summed E-state index contributed by atoms with van der Waals surface area (Å²) in [4.78, 5) is 0. The van der Waals surface area contributed by atoms with Gasteiger partial charge in [-0.15, -0.1) is 0 Å². The van der Waals surface area contributed by atoms with Gasteiger partial charge in [0.05, 0.1) is 0 Å². The van der Waals surface area contributed by atoms with Crippen LogP contribution in [0.5, 0.6) is 0 Å². The first-order chi connectivity index (χ1) is 6.04. The van der Waals surface area contributed by atoms with E-state index in [1.807, 2.05) is 0 Å². The van der Waals surface area contributed by atoms with Crippen molar-refractivity contribution >= 4 is 0 Å². The van der Waals surface area contributed by atoms with Gasteiger partial charge in [0, 0.05) is 12.1 Å². The number of hydrogen-bond acceptors (Lipinski definition) is 1. The Morgan fingerprint density at radius 2 is 2.00 bits per heavy atom. The van der Waals surface area contributed by atoms with Gasteiger partial charge in [-0.05, 0) is 12.0 Å². The largest absolute Gasteiger partial charge is 0.412 e. The van der Waals surface area contributed by atoms with E-state index in [2.05, 4.69) is 0 Å². The highest BCUT2D eigenvalue weighted by Gasteiger charge is 2.32. The van der Waals surface area contributed by atoms with Crippen LogP contribution in [0.15, 0.2) is 35.5 Å². The Kier molecular flexibility index (Phi) is 2.93. The summed E-state index contributed by atoms with van der Waals surface area (Å²) in [5.41, 5.74) is 5.47. The summed E-state index contributed by atoms with van der Waals surface area (Å²) in [5.74, 6) is 0. The van der Waals surface area contributed by atoms with Crippen molar-refractivity contribution in [1.29, 1.82) is 0 Å². The maximum Gasteiger partial charge on any atom is 0.412 e. The van der Waals surface area contributed by atoms with Gasteiger partial charge in [-0.25, -0.2) is 0 Å². The molecule has 0 aromatic carbocycles. The summed E-state index contributed by atoms with van der Waals surface area (Å²) in [7, 11) is 0. The monoisotopic (exact) mass is 189 g/mol. The maximum atomic E-state index is 12.2. The molecule has 0 fully saturated rings. The van der Waals surface area contributed by atoms with Crippen LogP contribution in [0.1, 0.15) is 6.42 Å². The molecule has 1 rings (SSSR count). The van der Waals surface area contributed by atoms with E-state index in [4.69, 9.17) is 5.73 Å². The van der Waals surface area contributed by atoms with E-state index in [-0.39, 0.29) is 13.0 Å². The predicted molar refractivity (Wildman–Crippen MR) is 45.0 cm³/mol. The Morgan fingerprint density at radius 3 is 2.54 bits per heavy atom. The lowest BCUT2D eigenvalue weighted by atomic mass is 10.2. The lowest BCUT2D eigenvalue weighted by molar-refractivity contribution is -0.0928. The molecule has 0 spiro atoms. The zero-order valence-corrected chi connectivity index (χ0v) is 6.93. The molecular weight excluding hydrogens is 179 g/mol. The van der Waals surface area contributed by atoms with Crippen LogP contribution < -0.4 is 5.73 Å². The third kappa shape index (κ3) is 2.73. The first-order valence-corrected chi connectivity index (χ1v) is 3.87. The van der Waals surface area contributed by atoms with Crippen molar-refractivity contribution in [3.63, 3.8) is 0 Å². The van der Waals surface area contributed by atoms with E-state index in [0.717, 1.165) is 6.08 Å². The second-order valence-electron chi connectivity index (χ2n) is 2.74. The molecule has 2 N–H and O–H groups in total. The molecule has 4 heteroatoms. The van der Waals surface area contributed by atoms with Gasteiger partial charge in [0.25, 0.3) is 0 Å². The Balaban J connectivity index is 2.87. The Hall–Kier alpha value is -1.03. The van der Waals surface area contributed by atoms with E-state index < -0.39 is 11.7 Å². The Bertz CT molecular complexity index is 271. The molecule has 0 bridgehead atoms. The van der Waals surface area contributed by atoms with Gasteiger partial charge < -0.3 is 5.73 Å². The van der Waals surface area contributed by atoms with Gasteiger partial charge in [-0.1, -0.05) is 24.3 Å². The molecule has 0 radical (unpaired) electrons. The average molecular weight is 189 g/mol. The Morgan fingerprint density at radius 1 is 1.31 bits per heavy atom. The standard InChI is InChI=1S/C9H10F3N/c10-9(11,12)8-3-1-2-7(6-13)4-5-8/h1-2,4-5H,3,6,13H2. The van der Waals surface area contributed by atoms with Crippen molar-refractivity contribution in [2.45, 2.75) is 12.6 Å². The van der Waals surface area contributed by atoms with Gasteiger partial charge in [-0.2, -0.15) is 13.2 Å². The van der Waals surface area contributed by atoms with Gasteiger partial charge in [-0.3, -0.25) is 0 Å². The summed E-state index contributed by atoms with van der Waals surface area (Å²) in [6.07, 6.45) is 1.28. The highest BCUT2D eigenvalue weighted by atomic mass is 19.4. The molecule has 0 aliphatic heterocycles. The normalized spacial score (nSPS) is 17.8. The van der Waals surface area contributed by atoms with Gasteiger partial charge in [0.15, 0.2) is 0 Å². The summed E-state index contributed by atoms with van der Waals surface area (Å²) in [6, 6.07) is 0. The van der Waals surface area contributed by atoms with Gasteiger partial charge in [0.2, 0.25) is 0 Å². The van der Waals surface area contributed by atoms with Crippen LogP contribution in [0.3, 0.4) is 0 Å². The maximum absolute atomic E-state index is 12.2. The fourth-order valence-corrected chi connectivity index (χ4v) is 1.01. The second kappa shape index (κ2) is 3.79. The van der Waals surface area contributed by atoms with Crippen molar-refractivity contribution < 1.29 is 13.2 Å². The highest BCUT2D eigenvalue weighted by Crippen LogP contribution is 2.29. The van der Waals surface area contributed by atoms with Crippen LogP contribution in [0.2, 0.25) is 0 Å². The molecule has 72 valence electrons. The smallest absolute Gasteiger partial charge is 0.326 e.